The molecule has 7 heteroatoms. The van der Waals surface area contributed by atoms with Gasteiger partial charge in [0.15, 0.2) is 0 Å². The summed E-state index contributed by atoms with van der Waals surface area (Å²) in [5.74, 6) is -0.320. The van der Waals surface area contributed by atoms with Gasteiger partial charge >= 0.3 is 0 Å². The van der Waals surface area contributed by atoms with Crippen LogP contribution in [0.4, 0.5) is 5.88 Å². The minimum atomic E-state index is -0.329. The number of aromatic nitrogens is 1. The Morgan fingerprint density at radius 1 is 1.39 bits per heavy atom. The highest BCUT2D eigenvalue weighted by Crippen LogP contribution is 2.32. The number of carbonyl (C=O) groups excluding carboxylic acids is 1. The third-order valence-corrected chi connectivity index (χ3v) is 4.50. The molecule has 0 aliphatic carbocycles. The zero-order chi connectivity index (χ0) is 16.4. The molecule has 0 fully saturated rings. The Hall–Kier alpha value is -2.31. The molecular formula is C16H14ClN3O2S. The summed E-state index contributed by atoms with van der Waals surface area (Å²) >= 11 is 7.46. The first-order valence-electron chi connectivity index (χ1n) is 6.89. The molecule has 0 saturated carbocycles. The smallest absolute Gasteiger partial charge is 0.259 e. The fourth-order valence-electron chi connectivity index (χ4n) is 2.17. The lowest BCUT2D eigenvalue weighted by atomic mass is 10.1. The molecule has 1 amide bonds. The van der Waals surface area contributed by atoms with Crippen molar-refractivity contribution in [3.8, 4) is 10.6 Å². The molecule has 5 nitrogen and oxygen atoms in total. The number of benzene rings is 1. The molecule has 0 aliphatic rings. The number of nitrogens with one attached hydrogen (secondary N) is 1. The van der Waals surface area contributed by atoms with E-state index in [4.69, 9.17) is 21.9 Å². The summed E-state index contributed by atoms with van der Waals surface area (Å²) in [5, 5.41) is 7.35. The minimum Gasteiger partial charge on any atom is -0.367 e. The van der Waals surface area contributed by atoms with Crippen LogP contribution in [0.5, 0.6) is 0 Å². The van der Waals surface area contributed by atoms with Gasteiger partial charge in [-0.3, -0.25) is 4.79 Å². The van der Waals surface area contributed by atoms with Gasteiger partial charge < -0.3 is 15.6 Å². The maximum atomic E-state index is 12.5. The second-order valence-electron chi connectivity index (χ2n) is 4.99. The van der Waals surface area contributed by atoms with Gasteiger partial charge in [0.05, 0.1) is 4.88 Å². The number of hydrogen-bond donors (Lipinski definition) is 2. The van der Waals surface area contributed by atoms with Crippen LogP contribution in [0.1, 0.15) is 20.8 Å². The highest BCUT2D eigenvalue weighted by molar-refractivity contribution is 7.15. The van der Waals surface area contributed by atoms with Gasteiger partial charge in [0, 0.05) is 16.4 Å². The Bertz CT molecular complexity index is 857. The lowest BCUT2D eigenvalue weighted by molar-refractivity contribution is 0.0952. The Morgan fingerprint density at radius 2 is 2.22 bits per heavy atom. The Balaban J connectivity index is 1.81. The predicted octanol–water partition coefficient (Wildman–Crippen LogP) is 3.88. The number of amides is 1. The van der Waals surface area contributed by atoms with Crippen molar-refractivity contribution in [1.29, 1.82) is 0 Å². The molecule has 0 atom stereocenters. The van der Waals surface area contributed by atoms with Crippen LogP contribution < -0.4 is 11.1 Å². The summed E-state index contributed by atoms with van der Waals surface area (Å²) in [5.41, 5.74) is 7.39. The summed E-state index contributed by atoms with van der Waals surface area (Å²) in [4.78, 5) is 14.4. The quantitative estimate of drug-likeness (QED) is 0.750. The Labute approximate surface area is 142 Å². The van der Waals surface area contributed by atoms with Gasteiger partial charge in [-0.15, -0.1) is 11.3 Å². The summed E-state index contributed by atoms with van der Waals surface area (Å²) in [6, 6.07) is 11.1. The van der Waals surface area contributed by atoms with Crippen LogP contribution >= 0.6 is 22.9 Å². The number of nitrogens with zero attached hydrogens (tertiary/aromatic N) is 1. The zero-order valence-electron chi connectivity index (χ0n) is 12.3. The monoisotopic (exact) mass is 347 g/mol. The molecule has 2 heterocycles. The number of rotatable bonds is 4. The third-order valence-electron chi connectivity index (χ3n) is 3.26. The van der Waals surface area contributed by atoms with Crippen LogP contribution in [0.25, 0.3) is 10.6 Å². The second kappa shape index (κ2) is 6.44. The molecular weight excluding hydrogens is 334 g/mol. The average molecular weight is 348 g/mol. The molecule has 3 rings (SSSR count). The Morgan fingerprint density at radius 3 is 2.91 bits per heavy atom. The van der Waals surface area contributed by atoms with E-state index in [2.05, 4.69) is 10.5 Å². The van der Waals surface area contributed by atoms with E-state index in [-0.39, 0.29) is 17.4 Å². The second-order valence-corrected chi connectivity index (χ2v) is 6.72. The van der Waals surface area contributed by atoms with Crippen LogP contribution in [0.2, 0.25) is 5.02 Å². The van der Waals surface area contributed by atoms with Crippen LogP contribution in [-0.4, -0.2) is 11.1 Å². The van der Waals surface area contributed by atoms with Crippen LogP contribution in [0.3, 0.4) is 0 Å². The molecule has 0 saturated heterocycles. The van der Waals surface area contributed by atoms with E-state index in [9.17, 15) is 4.79 Å². The van der Waals surface area contributed by atoms with Crippen molar-refractivity contribution in [2.45, 2.75) is 13.5 Å². The van der Waals surface area contributed by atoms with Crippen molar-refractivity contribution in [3.05, 3.63) is 57.4 Å². The lowest BCUT2D eigenvalue weighted by Crippen LogP contribution is -2.23. The van der Waals surface area contributed by atoms with E-state index in [0.717, 1.165) is 15.3 Å². The summed E-state index contributed by atoms with van der Waals surface area (Å²) < 4.78 is 5.00. The number of aryl methyl sites for hydroxylation is 1. The zero-order valence-corrected chi connectivity index (χ0v) is 13.9. The summed E-state index contributed by atoms with van der Waals surface area (Å²) in [6.07, 6.45) is 0. The topological polar surface area (TPSA) is 81.2 Å². The lowest BCUT2D eigenvalue weighted by Gasteiger charge is -2.05. The standard InChI is InChI=1S/C16H14ClN3O2S/c1-9-5-6-12(23-9)14-13(15(18)22-20-14)16(21)19-8-10-3-2-4-11(17)7-10/h2-7H,8,18H2,1H3,(H,19,21). The predicted molar refractivity (Wildman–Crippen MR) is 91.6 cm³/mol. The van der Waals surface area contributed by atoms with Crippen molar-refractivity contribution in [3.63, 3.8) is 0 Å². The molecule has 0 spiro atoms. The molecule has 1 aromatic carbocycles. The minimum absolute atomic E-state index is 0.00893. The molecule has 0 aliphatic heterocycles. The number of halogens is 1. The van der Waals surface area contributed by atoms with Crippen LogP contribution in [-0.2, 0) is 6.54 Å². The third kappa shape index (κ3) is 3.38. The fraction of sp³-hybridized carbons (Fsp3) is 0.125. The first-order chi connectivity index (χ1) is 11.0. The van der Waals surface area contributed by atoms with Crippen molar-refractivity contribution in [2.75, 3.05) is 5.73 Å². The molecule has 23 heavy (non-hydrogen) atoms. The molecule has 2 aromatic heterocycles. The number of nitrogens with two attached hydrogens (primary N) is 1. The summed E-state index contributed by atoms with van der Waals surface area (Å²) in [6.45, 7) is 2.32. The highest BCUT2D eigenvalue weighted by atomic mass is 35.5. The van der Waals surface area contributed by atoms with E-state index in [0.29, 0.717) is 17.3 Å². The number of nitrogen functional groups attached to an aromatic ring is 1. The van der Waals surface area contributed by atoms with Crippen LogP contribution in [0.15, 0.2) is 40.9 Å². The SMILES string of the molecule is Cc1ccc(-c2noc(N)c2C(=O)NCc2cccc(Cl)c2)s1. The van der Waals surface area contributed by atoms with Gasteiger partial charge in [-0.25, -0.2) is 0 Å². The van der Waals surface area contributed by atoms with Crippen molar-refractivity contribution < 1.29 is 9.32 Å². The van der Waals surface area contributed by atoms with Gasteiger partial charge in [-0.2, -0.15) is 0 Å². The molecule has 0 bridgehead atoms. The van der Waals surface area contributed by atoms with Crippen molar-refractivity contribution in [1.82, 2.24) is 10.5 Å². The van der Waals surface area contributed by atoms with Gasteiger partial charge in [0.25, 0.3) is 5.91 Å². The largest absolute Gasteiger partial charge is 0.367 e. The molecule has 3 N–H and O–H groups in total. The number of anilines is 1. The number of hydrogen-bond acceptors (Lipinski definition) is 5. The Kier molecular flexibility index (Phi) is 4.36. The van der Waals surface area contributed by atoms with Gasteiger partial charge in [0.1, 0.15) is 11.3 Å². The first-order valence-corrected chi connectivity index (χ1v) is 8.08. The number of thiophene rings is 1. The number of carbonyl (C=O) groups is 1. The fourth-order valence-corrected chi connectivity index (χ4v) is 3.24. The molecule has 0 radical (unpaired) electrons. The van der Waals surface area contributed by atoms with E-state index < -0.39 is 0 Å². The molecule has 0 unspecified atom stereocenters. The van der Waals surface area contributed by atoms with Crippen LogP contribution in [0, 0.1) is 6.92 Å². The van der Waals surface area contributed by atoms with Crippen molar-refractivity contribution >= 4 is 34.7 Å². The highest BCUT2D eigenvalue weighted by Gasteiger charge is 2.23. The van der Waals surface area contributed by atoms with Crippen molar-refractivity contribution in [2.24, 2.45) is 0 Å². The van der Waals surface area contributed by atoms with E-state index in [1.54, 1.807) is 12.1 Å². The van der Waals surface area contributed by atoms with E-state index >= 15 is 0 Å². The average Bonchev–Trinajstić information content (AvgIpc) is 3.11. The molecule has 3 aromatic rings. The maximum Gasteiger partial charge on any atom is 0.259 e. The normalized spacial score (nSPS) is 10.7. The van der Waals surface area contributed by atoms with E-state index in [1.165, 1.54) is 11.3 Å². The maximum absolute atomic E-state index is 12.5. The van der Waals surface area contributed by atoms with E-state index in [1.807, 2.05) is 31.2 Å². The molecule has 118 valence electrons. The van der Waals surface area contributed by atoms with Gasteiger partial charge in [0.2, 0.25) is 5.88 Å². The van der Waals surface area contributed by atoms with Gasteiger partial charge in [-0.1, -0.05) is 28.9 Å². The first kappa shape index (κ1) is 15.6. The van der Waals surface area contributed by atoms with Gasteiger partial charge in [-0.05, 0) is 36.8 Å². The summed E-state index contributed by atoms with van der Waals surface area (Å²) in [7, 11) is 0.